The third kappa shape index (κ3) is 3.19. The van der Waals surface area contributed by atoms with Crippen LogP contribution in [0.1, 0.15) is 21.5 Å². The Kier molecular flexibility index (Phi) is 4.10. The number of hydrogen-bond acceptors (Lipinski definition) is 2. The van der Waals surface area contributed by atoms with E-state index in [1.54, 1.807) is 36.4 Å². The molecule has 0 aromatic heterocycles. The number of thiocarbonyl (C=S) groups is 1. The summed E-state index contributed by atoms with van der Waals surface area (Å²) < 4.78 is 13.6. The van der Waals surface area contributed by atoms with Gasteiger partial charge >= 0.3 is 0 Å². The summed E-state index contributed by atoms with van der Waals surface area (Å²) in [5.74, 6) is -0.854. The normalized spacial score (nSPS) is 10.1. The number of amides is 1. The Labute approximate surface area is 121 Å². The minimum atomic E-state index is -0.469. The summed E-state index contributed by atoms with van der Waals surface area (Å²) >= 11 is 4.84. The number of anilines is 1. The second-order valence-electron chi connectivity index (χ2n) is 4.38. The van der Waals surface area contributed by atoms with E-state index in [1.165, 1.54) is 6.07 Å². The van der Waals surface area contributed by atoms with Gasteiger partial charge < -0.3 is 11.1 Å². The fraction of sp³-hybridized carbons (Fsp3) is 0.0667. The molecular weight excluding hydrogens is 275 g/mol. The maximum absolute atomic E-state index is 13.6. The number of nitrogens with two attached hydrogens (primary N) is 1. The molecule has 102 valence electrons. The molecular formula is C15H13FN2OS. The lowest BCUT2D eigenvalue weighted by Gasteiger charge is -2.08. The van der Waals surface area contributed by atoms with Gasteiger partial charge in [-0.25, -0.2) is 4.39 Å². The molecule has 2 aromatic rings. The Morgan fingerprint density at radius 2 is 1.75 bits per heavy atom. The predicted octanol–water partition coefficient (Wildman–Crippen LogP) is 3.02. The first-order valence-corrected chi connectivity index (χ1v) is 6.35. The van der Waals surface area contributed by atoms with Crippen LogP contribution in [-0.2, 0) is 0 Å². The molecule has 3 N–H and O–H groups in total. The van der Waals surface area contributed by atoms with E-state index in [-0.39, 0.29) is 16.6 Å². The number of nitrogens with one attached hydrogen (secondary N) is 1. The van der Waals surface area contributed by atoms with Crippen LogP contribution in [0.25, 0.3) is 0 Å². The predicted molar refractivity (Wildman–Crippen MR) is 81.4 cm³/mol. The number of rotatable bonds is 3. The number of aryl methyl sites for hydroxylation is 1. The zero-order chi connectivity index (χ0) is 14.7. The standard InChI is InChI=1S/C15H13FN2OS/c1-9-2-7-12(16)13(8-9)18-15(19)11-5-3-10(4-6-11)14(17)20/h2-8H,1H3,(H2,17,20)(H,18,19). The molecule has 20 heavy (non-hydrogen) atoms. The van der Waals surface area contributed by atoms with Gasteiger partial charge in [0, 0.05) is 11.1 Å². The Bertz CT molecular complexity index is 668. The highest BCUT2D eigenvalue weighted by Gasteiger charge is 2.09. The quantitative estimate of drug-likeness (QED) is 0.854. The Balaban J connectivity index is 2.19. The van der Waals surface area contributed by atoms with Crippen molar-refractivity contribution in [2.75, 3.05) is 5.32 Å². The number of carbonyl (C=O) groups excluding carboxylic acids is 1. The van der Waals surface area contributed by atoms with Crippen molar-refractivity contribution < 1.29 is 9.18 Å². The first kappa shape index (κ1) is 14.1. The third-order valence-electron chi connectivity index (χ3n) is 2.80. The second kappa shape index (κ2) is 5.79. The van der Waals surface area contributed by atoms with E-state index >= 15 is 0 Å². The van der Waals surface area contributed by atoms with Crippen LogP contribution in [0.2, 0.25) is 0 Å². The lowest BCUT2D eigenvalue weighted by atomic mass is 10.1. The highest BCUT2D eigenvalue weighted by atomic mass is 32.1. The molecule has 0 heterocycles. The van der Waals surface area contributed by atoms with Crippen molar-refractivity contribution in [3.05, 3.63) is 65.0 Å². The number of hydrogen-bond donors (Lipinski definition) is 2. The molecule has 3 nitrogen and oxygen atoms in total. The first-order chi connectivity index (χ1) is 9.47. The van der Waals surface area contributed by atoms with Crippen LogP contribution in [-0.4, -0.2) is 10.9 Å². The summed E-state index contributed by atoms with van der Waals surface area (Å²) in [7, 11) is 0. The second-order valence-corrected chi connectivity index (χ2v) is 4.82. The van der Waals surface area contributed by atoms with Crippen molar-refractivity contribution in [2.24, 2.45) is 5.73 Å². The van der Waals surface area contributed by atoms with Gasteiger partial charge in [0.1, 0.15) is 10.8 Å². The lowest BCUT2D eigenvalue weighted by Crippen LogP contribution is -2.14. The van der Waals surface area contributed by atoms with Crippen LogP contribution in [0.15, 0.2) is 42.5 Å². The maximum Gasteiger partial charge on any atom is 0.255 e. The zero-order valence-corrected chi connectivity index (χ0v) is 11.6. The molecule has 0 aliphatic heterocycles. The van der Waals surface area contributed by atoms with E-state index in [0.29, 0.717) is 11.1 Å². The van der Waals surface area contributed by atoms with Gasteiger partial charge in [-0.15, -0.1) is 0 Å². The van der Waals surface area contributed by atoms with Crippen molar-refractivity contribution in [1.82, 2.24) is 0 Å². The van der Waals surface area contributed by atoms with Crippen LogP contribution in [0.3, 0.4) is 0 Å². The molecule has 0 saturated carbocycles. The molecule has 1 amide bonds. The van der Waals surface area contributed by atoms with Gasteiger partial charge in [-0.2, -0.15) is 0 Å². The van der Waals surface area contributed by atoms with Gasteiger partial charge in [-0.1, -0.05) is 30.4 Å². The van der Waals surface area contributed by atoms with E-state index in [2.05, 4.69) is 5.32 Å². The summed E-state index contributed by atoms with van der Waals surface area (Å²) in [5, 5.41) is 2.54. The molecule has 0 aliphatic rings. The molecule has 0 saturated heterocycles. The van der Waals surface area contributed by atoms with E-state index in [4.69, 9.17) is 18.0 Å². The van der Waals surface area contributed by atoms with Gasteiger partial charge in [0.2, 0.25) is 0 Å². The minimum absolute atomic E-state index is 0.161. The molecule has 2 rings (SSSR count). The monoisotopic (exact) mass is 288 g/mol. The van der Waals surface area contributed by atoms with E-state index in [9.17, 15) is 9.18 Å². The van der Waals surface area contributed by atoms with Crippen LogP contribution in [0.5, 0.6) is 0 Å². The molecule has 0 atom stereocenters. The van der Waals surface area contributed by atoms with Gasteiger partial charge in [0.15, 0.2) is 0 Å². The molecule has 0 aliphatic carbocycles. The van der Waals surface area contributed by atoms with Gasteiger partial charge in [0.05, 0.1) is 5.69 Å². The topological polar surface area (TPSA) is 55.1 Å². The highest BCUT2D eigenvalue weighted by Crippen LogP contribution is 2.17. The van der Waals surface area contributed by atoms with Crippen molar-refractivity contribution in [1.29, 1.82) is 0 Å². The molecule has 0 fully saturated rings. The Hall–Kier alpha value is -2.27. The highest BCUT2D eigenvalue weighted by molar-refractivity contribution is 7.80. The Morgan fingerprint density at radius 1 is 1.15 bits per heavy atom. The molecule has 2 aromatic carbocycles. The first-order valence-electron chi connectivity index (χ1n) is 5.95. The van der Waals surface area contributed by atoms with Crippen LogP contribution < -0.4 is 11.1 Å². The number of benzene rings is 2. The van der Waals surface area contributed by atoms with Gasteiger partial charge in [0.25, 0.3) is 5.91 Å². The minimum Gasteiger partial charge on any atom is -0.389 e. The van der Waals surface area contributed by atoms with Crippen LogP contribution >= 0.6 is 12.2 Å². The van der Waals surface area contributed by atoms with Crippen LogP contribution in [0, 0.1) is 12.7 Å². The van der Waals surface area contributed by atoms with Crippen molar-refractivity contribution in [2.45, 2.75) is 6.92 Å². The summed E-state index contributed by atoms with van der Waals surface area (Å²) in [4.78, 5) is 12.3. The van der Waals surface area contributed by atoms with E-state index in [1.807, 2.05) is 6.92 Å². The average molecular weight is 288 g/mol. The molecule has 0 unspecified atom stereocenters. The SMILES string of the molecule is Cc1ccc(F)c(NC(=O)c2ccc(C(N)=S)cc2)c1. The largest absolute Gasteiger partial charge is 0.389 e. The summed E-state index contributed by atoms with van der Waals surface area (Å²) in [6, 6.07) is 11.0. The third-order valence-corrected chi connectivity index (χ3v) is 3.04. The van der Waals surface area contributed by atoms with E-state index < -0.39 is 5.82 Å². The molecule has 5 heteroatoms. The van der Waals surface area contributed by atoms with Gasteiger partial charge in [-0.05, 0) is 36.8 Å². The maximum atomic E-state index is 13.6. The Morgan fingerprint density at radius 3 is 2.35 bits per heavy atom. The molecule has 0 bridgehead atoms. The lowest BCUT2D eigenvalue weighted by molar-refractivity contribution is 0.102. The number of halogens is 1. The average Bonchev–Trinajstić information content (AvgIpc) is 2.43. The molecule has 0 radical (unpaired) electrons. The summed E-state index contributed by atoms with van der Waals surface area (Å²) in [6.07, 6.45) is 0. The number of carbonyl (C=O) groups is 1. The smallest absolute Gasteiger partial charge is 0.255 e. The van der Waals surface area contributed by atoms with Crippen molar-refractivity contribution >= 4 is 28.8 Å². The van der Waals surface area contributed by atoms with Crippen molar-refractivity contribution in [3.8, 4) is 0 Å². The van der Waals surface area contributed by atoms with Crippen LogP contribution in [0.4, 0.5) is 10.1 Å². The van der Waals surface area contributed by atoms with E-state index in [0.717, 1.165) is 5.56 Å². The van der Waals surface area contributed by atoms with Crippen molar-refractivity contribution in [3.63, 3.8) is 0 Å². The summed E-state index contributed by atoms with van der Waals surface area (Å²) in [5.41, 5.74) is 7.60. The van der Waals surface area contributed by atoms with Gasteiger partial charge in [-0.3, -0.25) is 4.79 Å². The molecule has 0 spiro atoms. The fourth-order valence-corrected chi connectivity index (χ4v) is 1.85. The fourth-order valence-electron chi connectivity index (χ4n) is 1.72. The zero-order valence-electron chi connectivity index (χ0n) is 10.8. The summed E-state index contributed by atoms with van der Waals surface area (Å²) in [6.45, 7) is 1.83.